The number of amides is 2. The molecule has 28 heavy (non-hydrogen) atoms. The maximum atomic E-state index is 12.6. The maximum absolute atomic E-state index is 12.6. The van der Waals surface area contributed by atoms with E-state index in [1.165, 1.54) is 0 Å². The first-order chi connectivity index (χ1) is 13.5. The molecular weight excluding hydrogens is 354 g/mol. The second-order valence-electron chi connectivity index (χ2n) is 7.13. The Morgan fingerprint density at radius 2 is 1.89 bits per heavy atom. The van der Waals surface area contributed by atoms with Gasteiger partial charge in [0.05, 0.1) is 13.2 Å². The summed E-state index contributed by atoms with van der Waals surface area (Å²) in [4.78, 5) is 28.3. The third-order valence-corrected chi connectivity index (χ3v) is 5.09. The molecule has 1 aliphatic heterocycles. The van der Waals surface area contributed by atoms with Crippen LogP contribution in [0.4, 0.5) is 5.69 Å². The number of hydrogen-bond acceptors (Lipinski definition) is 4. The zero-order valence-corrected chi connectivity index (χ0v) is 16.6. The fourth-order valence-electron chi connectivity index (χ4n) is 3.52. The number of benzene rings is 2. The Kier molecular flexibility index (Phi) is 6.31. The molecule has 2 aromatic rings. The van der Waals surface area contributed by atoms with E-state index in [2.05, 4.69) is 10.2 Å². The normalized spacial score (nSPS) is 15.0. The van der Waals surface area contributed by atoms with Gasteiger partial charge < -0.3 is 19.9 Å². The molecular formula is C22H27N3O3. The molecule has 148 valence electrons. The highest BCUT2D eigenvalue weighted by Gasteiger charge is 2.22. The molecule has 6 nitrogen and oxygen atoms in total. The Bertz CT molecular complexity index is 833. The van der Waals surface area contributed by atoms with Gasteiger partial charge in [-0.2, -0.15) is 0 Å². The average Bonchev–Trinajstić information content (AvgIpc) is 3.14. The standard InChI is InChI=1S/C22H27N3O3/c1-24(2)19(18-7-4-5-8-20(18)28-3)15-23-22(27)16-10-12-17(13-11-16)25-14-6-9-21(25)26/h4-5,7-8,10-13,19H,6,9,14-15H2,1-3H3,(H,23,27)/t19-/m0/s1. The number of carbonyl (C=O) groups excluding carboxylic acids is 2. The van der Waals surface area contributed by atoms with Crippen LogP contribution in [0.25, 0.3) is 0 Å². The third kappa shape index (κ3) is 4.34. The van der Waals surface area contributed by atoms with Crippen LogP contribution in [0.15, 0.2) is 48.5 Å². The number of nitrogens with zero attached hydrogens (tertiary/aromatic N) is 2. The number of nitrogens with one attached hydrogen (secondary N) is 1. The van der Waals surface area contributed by atoms with Crippen LogP contribution in [0.3, 0.4) is 0 Å². The van der Waals surface area contributed by atoms with E-state index in [1.807, 2.05) is 50.5 Å². The molecule has 0 aliphatic carbocycles. The Morgan fingerprint density at radius 1 is 1.18 bits per heavy atom. The number of methoxy groups -OCH3 is 1. The Hall–Kier alpha value is -2.86. The monoisotopic (exact) mass is 381 g/mol. The highest BCUT2D eigenvalue weighted by atomic mass is 16.5. The van der Waals surface area contributed by atoms with Gasteiger partial charge in [0.2, 0.25) is 5.91 Å². The predicted molar refractivity (Wildman–Crippen MR) is 110 cm³/mol. The average molecular weight is 381 g/mol. The minimum atomic E-state index is -0.138. The fourth-order valence-corrected chi connectivity index (χ4v) is 3.52. The minimum absolute atomic E-state index is 0.0124. The highest BCUT2D eigenvalue weighted by Crippen LogP contribution is 2.27. The SMILES string of the molecule is COc1ccccc1[C@H](CNC(=O)c1ccc(N2CCCC2=O)cc1)N(C)C. The quantitative estimate of drug-likeness (QED) is 0.801. The van der Waals surface area contributed by atoms with Crippen molar-refractivity contribution in [3.8, 4) is 5.75 Å². The van der Waals surface area contributed by atoms with E-state index in [0.717, 1.165) is 30.0 Å². The first-order valence-corrected chi connectivity index (χ1v) is 9.49. The van der Waals surface area contributed by atoms with E-state index in [4.69, 9.17) is 4.74 Å². The van der Waals surface area contributed by atoms with Crippen molar-refractivity contribution in [3.05, 3.63) is 59.7 Å². The summed E-state index contributed by atoms with van der Waals surface area (Å²) >= 11 is 0. The molecule has 1 N–H and O–H groups in total. The van der Waals surface area contributed by atoms with Crippen LogP contribution in [0, 0.1) is 0 Å². The van der Waals surface area contributed by atoms with E-state index in [-0.39, 0.29) is 17.9 Å². The zero-order valence-electron chi connectivity index (χ0n) is 16.6. The number of ether oxygens (including phenoxy) is 1. The summed E-state index contributed by atoms with van der Waals surface area (Å²) in [5, 5.41) is 3.01. The summed E-state index contributed by atoms with van der Waals surface area (Å²) in [6.45, 7) is 1.20. The lowest BCUT2D eigenvalue weighted by molar-refractivity contribution is -0.117. The summed E-state index contributed by atoms with van der Waals surface area (Å²) in [5.41, 5.74) is 2.45. The Morgan fingerprint density at radius 3 is 2.50 bits per heavy atom. The van der Waals surface area contributed by atoms with Crippen molar-refractivity contribution in [3.63, 3.8) is 0 Å². The maximum Gasteiger partial charge on any atom is 0.251 e. The van der Waals surface area contributed by atoms with E-state index in [9.17, 15) is 9.59 Å². The summed E-state index contributed by atoms with van der Waals surface area (Å²) in [6.07, 6.45) is 1.48. The van der Waals surface area contributed by atoms with Crippen LogP contribution >= 0.6 is 0 Å². The first-order valence-electron chi connectivity index (χ1n) is 9.49. The predicted octanol–water partition coefficient (Wildman–Crippen LogP) is 2.85. The molecule has 1 fully saturated rings. The van der Waals surface area contributed by atoms with Crippen molar-refractivity contribution in [1.82, 2.24) is 10.2 Å². The van der Waals surface area contributed by atoms with Crippen LogP contribution in [-0.2, 0) is 4.79 Å². The van der Waals surface area contributed by atoms with Gasteiger partial charge in [-0.15, -0.1) is 0 Å². The van der Waals surface area contributed by atoms with E-state index in [1.54, 1.807) is 24.1 Å². The van der Waals surface area contributed by atoms with Crippen molar-refractivity contribution in [2.75, 3.05) is 39.2 Å². The van der Waals surface area contributed by atoms with Gasteiger partial charge in [0.15, 0.2) is 0 Å². The molecule has 0 unspecified atom stereocenters. The van der Waals surface area contributed by atoms with Gasteiger partial charge in [-0.1, -0.05) is 18.2 Å². The van der Waals surface area contributed by atoms with Gasteiger partial charge in [-0.05, 0) is 50.8 Å². The third-order valence-electron chi connectivity index (χ3n) is 5.09. The molecule has 0 bridgehead atoms. The number of likely N-dealkylation sites (N-methyl/N-ethyl adjacent to an activating group) is 1. The van der Waals surface area contributed by atoms with Crippen molar-refractivity contribution in [2.24, 2.45) is 0 Å². The molecule has 3 rings (SSSR count). The van der Waals surface area contributed by atoms with Crippen LogP contribution < -0.4 is 15.0 Å². The number of hydrogen-bond donors (Lipinski definition) is 1. The molecule has 2 aromatic carbocycles. The Labute approximate surface area is 166 Å². The van der Waals surface area contributed by atoms with Crippen LogP contribution in [0.2, 0.25) is 0 Å². The molecule has 0 spiro atoms. The van der Waals surface area contributed by atoms with Crippen LogP contribution in [0.1, 0.15) is 34.8 Å². The number of anilines is 1. The van der Waals surface area contributed by atoms with E-state index < -0.39 is 0 Å². The van der Waals surface area contributed by atoms with Gasteiger partial charge in [-0.3, -0.25) is 9.59 Å². The summed E-state index contributed by atoms with van der Waals surface area (Å²) in [6, 6.07) is 15.0. The van der Waals surface area contributed by atoms with Gasteiger partial charge in [0.1, 0.15) is 5.75 Å². The smallest absolute Gasteiger partial charge is 0.251 e. The largest absolute Gasteiger partial charge is 0.496 e. The summed E-state index contributed by atoms with van der Waals surface area (Å²) in [7, 11) is 5.60. The first kappa shape index (κ1) is 19.9. The number of rotatable bonds is 7. The zero-order chi connectivity index (χ0) is 20.1. The van der Waals surface area contributed by atoms with Crippen molar-refractivity contribution < 1.29 is 14.3 Å². The second-order valence-corrected chi connectivity index (χ2v) is 7.13. The van der Waals surface area contributed by atoms with Crippen molar-refractivity contribution in [1.29, 1.82) is 0 Å². The number of para-hydroxylation sites is 1. The van der Waals surface area contributed by atoms with Gasteiger partial charge in [0.25, 0.3) is 5.91 Å². The number of carbonyl (C=O) groups is 2. The van der Waals surface area contributed by atoms with Crippen molar-refractivity contribution in [2.45, 2.75) is 18.9 Å². The molecule has 1 saturated heterocycles. The molecule has 1 heterocycles. The topological polar surface area (TPSA) is 61.9 Å². The lowest BCUT2D eigenvalue weighted by atomic mass is 10.0. The molecule has 0 saturated carbocycles. The fraction of sp³-hybridized carbons (Fsp3) is 0.364. The van der Waals surface area contributed by atoms with Crippen LogP contribution in [0.5, 0.6) is 5.75 Å². The molecule has 6 heteroatoms. The van der Waals surface area contributed by atoms with Crippen molar-refractivity contribution >= 4 is 17.5 Å². The lowest BCUT2D eigenvalue weighted by Crippen LogP contribution is -2.34. The summed E-state index contributed by atoms with van der Waals surface area (Å²) < 4.78 is 5.47. The highest BCUT2D eigenvalue weighted by molar-refractivity contribution is 5.97. The second kappa shape index (κ2) is 8.89. The van der Waals surface area contributed by atoms with Gasteiger partial charge in [-0.25, -0.2) is 0 Å². The van der Waals surface area contributed by atoms with Gasteiger partial charge in [0, 0.05) is 36.3 Å². The molecule has 0 radical (unpaired) electrons. The lowest BCUT2D eigenvalue weighted by Gasteiger charge is -2.26. The summed E-state index contributed by atoms with van der Waals surface area (Å²) in [5.74, 6) is 0.805. The van der Waals surface area contributed by atoms with Crippen LogP contribution in [-0.4, -0.2) is 51.0 Å². The Balaban J connectivity index is 1.67. The van der Waals surface area contributed by atoms with Gasteiger partial charge >= 0.3 is 0 Å². The molecule has 2 amide bonds. The minimum Gasteiger partial charge on any atom is -0.496 e. The molecule has 0 aromatic heterocycles. The van der Waals surface area contributed by atoms with E-state index >= 15 is 0 Å². The molecule has 1 atom stereocenters. The van der Waals surface area contributed by atoms with E-state index in [0.29, 0.717) is 18.5 Å². The molecule has 1 aliphatic rings.